The Morgan fingerprint density at radius 2 is 2.27 bits per heavy atom. The first-order valence-electron chi connectivity index (χ1n) is 5.16. The van der Waals surface area contributed by atoms with E-state index in [1.54, 1.807) is 0 Å². The Balaban J connectivity index is 1.84. The summed E-state index contributed by atoms with van der Waals surface area (Å²) in [5, 5.41) is 9.67. The van der Waals surface area contributed by atoms with E-state index in [0.717, 1.165) is 18.0 Å². The van der Waals surface area contributed by atoms with Crippen LogP contribution in [0.2, 0.25) is 0 Å². The number of hydrogen-bond donors (Lipinski definition) is 1. The van der Waals surface area contributed by atoms with Gasteiger partial charge < -0.3 is 10.0 Å². The molecule has 1 aromatic rings. The Morgan fingerprint density at radius 3 is 2.87 bits per heavy atom. The van der Waals surface area contributed by atoms with Crippen molar-refractivity contribution in [2.45, 2.75) is 19.3 Å². The number of carboxylic acids is 1. The van der Waals surface area contributed by atoms with Gasteiger partial charge in [0.2, 0.25) is 0 Å². The van der Waals surface area contributed by atoms with Crippen LogP contribution in [0.5, 0.6) is 0 Å². The molecule has 0 amide bonds. The number of rotatable bonds is 4. The minimum Gasteiger partial charge on any atom is -0.477 e. The van der Waals surface area contributed by atoms with Crippen LogP contribution in [0, 0.1) is 0 Å². The predicted octanol–water partition coefficient (Wildman–Crippen LogP) is 1.48. The molecule has 82 valence electrons. The first-order valence-corrected chi connectivity index (χ1v) is 5.98. The summed E-state index contributed by atoms with van der Waals surface area (Å²) in [6.45, 7) is 3.36. The van der Waals surface area contributed by atoms with E-state index in [2.05, 4.69) is 9.88 Å². The summed E-state index contributed by atoms with van der Waals surface area (Å²) in [5.41, 5.74) is 0. The largest absolute Gasteiger partial charge is 0.477 e. The van der Waals surface area contributed by atoms with E-state index in [1.807, 2.05) is 0 Å². The highest BCUT2D eigenvalue weighted by molar-refractivity contribution is 7.13. The first-order chi connectivity index (χ1) is 7.25. The second-order valence-electron chi connectivity index (χ2n) is 3.72. The molecule has 1 saturated heterocycles. The summed E-state index contributed by atoms with van der Waals surface area (Å²) in [6.07, 6.45) is 4.90. The molecule has 0 spiro atoms. The molecule has 0 aromatic carbocycles. The van der Waals surface area contributed by atoms with Gasteiger partial charge in [0.1, 0.15) is 4.88 Å². The highest BCUT2D eigenvalue weighted by Gasteiger charge is 2.13. The molecule has 1 fully saturated rings. The fourth-order valence-electron chi connectivity index (χ4n) is 1.78. The van der Waals surface area contributed by atoms with Crippen molar-refractivity contribution < 1.29 is 9.90 Å². The normalized spacial score (nSPS) is 17.1. The summed E-state index contributed by atoms with van der Waals surface area (Å²) >= 11 is 1.29. The van der Waals surface area contributed by atoms with Crippen molar-refractivity contribution in [3.8, 4) is 0 Å². The average Bonchev–Trinajstić information content (AvgIpc) is 2.86. The molecule has 1 aromatic heterocycles. The van der Waals surface area contributed by atoms with Gasteiger partial charge in [0, 0.05) is 13.0 Å². The maximum Gasteiger partial charge on any atom is 0.347 e. The van der Waals surface area contributed by atoms with Gasteiger partial charge in [-0.3, -0.25) is 0 Å². The molecule has 0 atom stereocenters. The summed E-state index contributed by atoms with van der Waals surface area (Å²) in [7, 11) is 0. The van der Waals surface area contributed by atoms with Crippen LogP contribution in [0.15, 0.2) is 6.20 Å². The van der Waals surface area contributed by atoms with Crippen molar-refractivity contribution in [1.29, 1.82) is 0 Å². The Morgan fingerprint density at radius 1 is 1.53 bits per heavy atom. The topological polar surface area (TPSA) is 53.4 Å². The molecule has 15 heavy (non-hydrogen) atoms. The van der Waals surface area contributed by atoms with E-state index in [-0.39, 0.29) is 0 Å². The van der Waals surface area contributed by atoms with Crippen LogP contribution in [-0.4, -0.2) is 40.6 Å². The Labute approximate surface area is 92.6 Å². The van der Waals surface area contributed by atoms with E-state index in [4.69, 9.17) is 5.11 Å². The predicted molar refractivity (Wildman–Crippen MR) is 58.5 cm³/mol. The van der Waals surface area contributed by atoms with Crippen LogP contribution in [0.3, 0.4) is 0 Å². The van der Waals surface area contributed by atoms with Gasteiger partial charge >= 0.3 is 5.97 Å². The third kappa shape index (κ3) is 2.76. The van der Waals surface area contributed by atoms with Crippen molar-refractivity contribution in [2.24, 2.45) is 0 Å². The van der Waals surface area contributed by atoms with Gasteiger partial charge in [-0.2, -0.15) is 0 Å². The molecule has 1 aliphatic rings. The lowest BCUT2D eigenvalue weighted by Crippen LogP contribution is -2.21. The molecular formula is C10H14N2O2S. The molecule has 0 unspecified atom stereocenters. The SMILES string of the molecule is O=C(O)c1cnc(CCN2CCCC2)s1. The number of aromatic carboxylic acids is 1. The quantitative estimate of drug-likeness (QED) is 0.845. The smallest absolute Gasteiger partial charge is 0.347 e. The summed E-state index contributed by atoms with van der Waals surface area (Å²) < 4.78 is 0. The van der Waals surface area contributed by atoms with Crippen molar-refractivity contribution in [3.63, 3.8) is 0 Å². The molecule has 0 aliphatic carbocycles. The summed E-state index contributed by atoms with van der Waals surface area (Å²) in [4.78, 5) is 17.5. The first kappa shape index (κ1) is 10.6. The highest BCUT2D eigenvalue weighted by Crippen LogP contribution is 2.15. The zero-order chi connectivity index (χ0) is 10.7. The van der Waals surface area contributed by atoms with Crippen LogP contribution in [0.4, 0.5) is 0 Å². The second kappa shape index (κ2) is 4.72. The molecule has 0 bridgehead atoms. The van der Waals surface area contributed by atoms with Crippen molar-refractivity contribution in [1.82, 2.24) is 9.88 Å². The van der Waals surface area contributed by atoms with Crippen LogP contribution in [-0.2, 0) is 6.42 Å². The Hall–Kier alpha value is -0.940. The molecule has 1 aliphatic heterocycles. The Kier molecular flexibility index (Phi) is 3.33. The van der Waals surface area contributed by atoms with Gasteiger partial charge in [0.05, 0.1) is 11.2 Å². The molecule has 0 radical (unpaired) electrons. The molecule has 1 N–H and O–H groups in total. The average molecular weight is 226 g/mol. The fourth-order valence-corrected chi connectivity index (χ4v) is 2.53. The number of thiazole rings is 1. The maximum absolute atomic E-state index is 10.6. The molecule has 0 saturated carbocycles. The van der Waals surface area contributed by atoms with Crippen LogP contribution < -0.4 is 0 Å². The third-order valence-corrected chi connectivity index (χ3v) is 3.65. The fraction of sp³-hybridized carbons (Fsp3) is 0.600. The third-order valence-electron chi connectivity index (χ3n) is 2.60. The van der Waals surface area contributed by atoms with E-state index in [1.165, 1.54) is 43.5 Å². The number of hydrogen-bond acceptors (Lipinski definition) is 4. The van der Waals surface area contributed by atoms with Gasteiger partial charge in [0.15, 0.2) is 0 Å². The molecular weight excluding hydrogens is 212 g/mol. The molecule has 5 heteroatoms. The van der Waals surface area contributed by atoms with Gasteiger partial charge in [-0.15, -0.1) is 11.3 Å². The van der Waals surface area contributed by atoms with Gasteiger partial charge in [0.25, 0.3) is 0 Å². The number of likely N-dealkylation sites (tertiary alicyclic amines) is 1. The number of aromatic nitrogens is 1. The lowest BCUT2D eigenvalue weighted by Gasteiger charge is -2.12. The van der Waals surface area contributed by atoms with Crippen molar-refractivity contribution >= 4 is 17.3 Å². The lowest BCUT2D eigenvalue weighted by atomic mass is 10.4. The summed E-state index contributed by atoms with van der Waals surface area (Å²) in [6, 6.07) is 0. The number of carboxylic acid groups (broad SMARTS) is 1. The minimum absolute atomic E-state index is 0.339. The number of nitrogens with zero attached hydrogens (tertiary/aromatic N) is 2. The standard InChI is InChI=1S/C10H14N2O2S/c13-10(14)8-7-11-9(15-8)3-6-12-4-1-2-5-12/h7H,1-6H2,(H,13,14). The van der Waals surface area contributed by atoms with Gasteiger partial charge in [-0.25, -0.2) is 9.78 Å². The van der Waals surface area contributed by atoms with E-state index < -0.39 is 5.97 Å². The summed E-state index contributed by atoms with van der Waals surface area (Å²) in [5.74, 6) is -0.875. The number of carbonyl (C=O) groups is 1. The van der Waals surface area contributed by atoms with Crippen molar-refractivity contribution in [3.05, 3.63) is 16.1 Å². The zero-order valence-electron chi connectivity index (χ0n) is 8.48. The highest BCUT2D eigenvalue weighted by atomic mass is 32.1. The monoisotopic (exact) mass is 226 g/mol. The van der Waals surface area contributed by atoms with Crippen molar-refractivity contribution in [2.75, 3.05) is 19.6 Å². The van der Waals surface area contributed by atoms with E-state index in [9.17, 15) is 4.79 Å². The maximum atomic E-state index is 10.6. The molecule has 4 nitrogen and oxygen atoms in total. The van der Waals surface area contributed by atoms with Gasteiger partial charge in [-0.1, -0.05) is 0 Å². The van der Waals surface area contributed by atoms with Crippen LogP contribution in [0.25, 0.3) is 0 Å². The van der Waals surface area contributed by atoms with Crippen LogP contribution in [0.1, 0.15) is 27.5 Å². The minimum atomic E-state index is -0.875. The molecule has 2 heterocycles. The zero-order valence-corrected chi connectivity index (χ0v) is 9.29. The lowest BCUT2D eigenvalue weighted by molar-refractivity contribution is 0.0702. The molecule has 2 rings (SSSR count). The van der Waals surface area contributed by atoms with E-state index >= 15 is 0 Å². The van der Waals surface area contributed by atoms with Gasteiger partial charge in [-0.05, 0) is 25.9 Å². The van der Waals surface area contributed by atoms with Crippen LogP contribution >= 0.6 is 11.3 Å². The van der Waals surface area contributed by atoms with E-state index in [0.29, 0.717) is 4.88 Å². The second-order valence-corrected chi connectivity index (χ2v) is 4.84. The Bertz CT molecular complexity index is 345.